The van der Waals surface area contributed by atoms with Gasteiger partial charge in [0.1, 0.15) is 0 Å². The normalized spacial score (nSPS) is 14.0. The third-order valence-corrected chi connectivity index (χ3v) is 5.16. The van der Waals surface area contributed by atoms with Crippen molar-refractivity contribution < 1.29 is 14.3 Å². The van der Waals surface area contributed by atoms with E-state index in [4.69, 9.17) is 9.47 Å². The lowest BCUT2D eigenvalue weighted by atomic mass is 10.1. The number of carbonyl (C=O) groups excluding carboxylic acids is 1. The lowest BCUT2D eigenvalue weighted by molar-refractivity contribution is -0.120. The summed E-state index contributed by atoms with van der Waals surface area (Å²) in [6, 6.07) is 5.57. The number of nitrogens with one attached hydrogen (secondary N) is 1. The van der Waals surface area contributed by atoms with Crippen molar-refractivity contribution >= 4 is 22.4 Å². The summed E-state index contributed by atoms with van der Waals surface area (Å²) < 4.78 is 10.7. The fourth-order valence-corrected chi connectivity index (χ4v) is 3.22. The van der Waals surface area contributed by atoms with Gasteiger partial charge < -0.3 is 14.8 Å². The highest BCUT2D eigenvalue weighted by atomic mass is 32.1. The molecule has 1 aromatic heterocycles. The van der Waals surface area contributed by atoms with E-state index in [9.17, 15) is 4.79 Å². The predicted molar refractivity (Wildman–Crippen MR) is 93.7 cm³/mol. The number of likely N-dealkylation sites (N-methyl/N-ethyl adjacent to an activating group) is 1. The van der Waals surface area contributed by atoms with Crippen molar-refractivity contribution in [1.29, 1.82) is 0 Å². The smallest absolute Gasteiger partial charge is 0.243 e. The van der Waals surface area contributed by atoms with Crippen LogP contribution < -0.4 is 14.8 Å². The molecule has 1 atom stereocenters. The van der Waals surface area contributed by atoms with E-state index < -0.39 is 0 Å². The molecule has 1 aromatic carbocycles. The standard InChI is InChI=1S/C17H21N3O3S/c1-10-12(3)24-17(18-10)19-16(21)11(2)20(4)8-13-5-6-14-15(7-13)23-9-22-14/h5-7,11H,8-9H2,1-4H3,(H,18,19,21)/t11-/m1/s1. The molecule has 3 rings (SSSR count). The van der Waals surface area contributed by atoms with Crippen molar-refractivity contribution in [3.63, 3.8) is 0 Å². The number of carbonyl (C=O) groups is 1. The summed E-state index contributed by atoms with van der Waals surface area (Å²) >= 11 is 1.50. The Morgan fingerprint density at radius 2 is 2.12 bits per heavy atom. The van der Waals surface area contributed by atoms with Gasteiger partial charge in [-0.1, -0.05) is 6.07 Å². The molecule has 0 fully saturated rings. The second-order valence-electron chi connectivity index (χ2n) is 5.93. The van der Waals surface area contributed by atoms with E-state index in [0.29, 0.717) is 11.7 Å². The van der Waals surface area contributed by atoms with Gasteiger partial charge in [-0.3, -0.25) is 9.69 Å². The minimum absolute atomic E-state index is 0.0630. The maximum absolute atomic E-state index is 12.4. The Kier molecular flexibility index (Phi) is 4.73. The van der Waals surface area contributed by atoms with E-state index in [-0.39, 0.29) is 18.7 Å². The number of aryl methyl sites for hydroxylation is 2. The van der Waals surface area contributed by atoms with Crippen LogP contribution in [0.4, 0.5) is 5.13 Å². The van der Waals surface area contributed by atoms with Crippen molar-refractivity contribution in [2.24, 2.45) is 0 Å². The first-order valence-corrected chi connectivity index (χ1v) is 8.59. The summed E-state index contributed by atoms with van der Waals surface area (Å²) in [5, 5.41) is 3.55. The monoisotopic (exact) mass is 347 g/mol. The van der Waals surface area contributed by atoms with Crippen LogP contribution in [0, 0.1) is 13.8 Å². The molecule has 1 N–H and O–H groups in total. The highest BCUT2D eigenvalue weighted by molar-refractivity contribution is 7.15. The zero-order valence-electron chi connectivity index (χ0n) is 14.3. The summed E-state index contributed by atoms with van der Waals surface area (Å²) in [6.07, 6.45) is 0. The molecule has 0 saturated heterocycles. The molecule has 24 heavy (non-hydrogen) atoms. The Labute approximate surface area is 145 Å². The largest absolute Gasteiger partial charge is 0.454 e. The van der Waals surface area contributed by atoms with Crippen LogP contribution >= 0.6 is 11.3 Å². The highest BCUT2D eigenvalue weighted by Crippen LogP contribution is 2.32. The van der Waals surface area contributed by atoms with Gasteiger partial charge in [0.15, 0.2) is 16.6 Å². The number of ether oxygens (including phenoxy) is 2. The topological polar surface area (TPSA) is 63.7 Å². The Bertz CT molecular complexity index is 740. The maximum Gasteiger partial charge on any atom is 0.243 e. The minimum Gasteiger partial charge on any atom is -0.454 e. The van der Waals surface area contributed by atoms with Gasteiger partial charge in [-0.2, -0.15) is 0 Å². The van der Waals surface area contributed by atoms with Crippen LogP contribution in [0.1, 0.15) is 23.1 Å². The number of aromatic nitrogens is 1. The number of hydrogen-bond donors (Lipinski definition) is 1. The van der Waals surface area contributed by atoms with Gasteiger partial charge in [-0.25, -0.2) is 4.98 Å². The van der Waals surface area contributed by atoms with Gasteiger partial charge >= 0.3 is 0 Å². The number of fused-ring (bicyclic) bond motifs is 1. The van der Waals surface area contributed by atoms with Crippen LogP contribution in [0.15, 0.2) is 18.2 Å². The van der Waals surface area contributed by atoms with Crippen LogP contribution in [-0.2, 0) is 11.3 Å². The lowest BCUT2D eigenvalue weighted by Crippen LogP contribution is -2.39. The maximum atomic E-state index is 12.4. The molecule has 0 aliphatic carbocycles. The summed E-state index contributed by atoms with van der Waals surface area (Å²) in [4.78, 5) is 19.9. The van der Waals surface area contributed by atoms with Crippen molar-refractivity contribution in [2.75, 3.05) is 19.2 Å². The molecule has 0 saturated carbocycles. The average molecular weight is 347 g/mol. The number of hydrogen-bond acceptors (Lipinski definition) is 6. The van der Waals surface area contributed by atoms with Crippen LogP contribution in [0.25, 0.3) is 0 Å². The average Bonchev–Trinajstić information content (AvgIpc) is 3.12. The Balaban J connectivity index is 1.61. The predicted octanol–water partition coefficient (Wildman–Crippen LogP) is 2.95. The number of thiazole rings is 1. The number of nitrogens with zero attached hydrogens (tertiary/aromatic N) is 2. The molecule has 0 spiro atoms. The summed E-state index contributed by atoms with van der Waals surface area (Å²) in [6.45, 7) is 6.73. The second kappa shape index (κ2) is 6.78. The van der Waals surface area contributed by atoms with E-state index in [1.807, 2.05) is 50.9 Å². The first-order valence-electron chi connectivity index (χ1n) is 7.77. The first-order chi connectivity index (χ1) is 11.4. The minimum atomic E-state index is -0.278. The third-order valence-electron chi connectivity index (χ3n) is 4.17. The molecular formula is C17H21N3O3S. The Morgan fingerprint density at radius 1 is 1.38 bits per heavy atom. The first kappa shape index (κ1) is 16.7. The van der Waals surface area contributed by atoms with Crippen molar-refractivity contribution in [1.82, 2.24) is 9.88 Å². The molecule has 128 valence electrons. The summed E-state index contributed by atoms with van der Waals surface area (Å²) in [5.74, 6) is 1.46. The van der Waals surface area contributed by atoms with Crippen LogP contribution in [0.5, 0.6) is 11.5 Å². The van der Waals surface area contributed by atoms with E-state index in [1.165, 1.54) is 11.3 Å². The van der Waals surface area contributed by atoms with E-state index in [1.54, 1.807) is 0 Å². The molecule has 2 aromatic rings. The number of rotatable bonds is 5. The SMILES string of the molecule is Cc1nc(NC(=O)[C@@H](C)N(C)Cc2ccc3c(c2)OCO3)sc1C. The van der Waals surface area contributed by atoms with Gasteiger partial charge in [-0.05, 0) is 45.5 Å². The molecule has 0 unspecified atom stereocenters. The molecule has 0 bridgehead atoms. The molecular weight excluding hydrogens is 326 g/mol. The van der Waals surface area contributed by atoms with Crippen molar-refractivity contribution in [3.8, 4) is 11.5 Å². The molecule has 2 heterocycles. The highest BCUT2D eigenvalue weighted by Gasteiger charge is 2.21. The van der Waals surface area contributed by atoms with Crippen LogP contribution in [0.2, 0.25) is 0 Å². The summed E-state index contributed by atoms with van der Waals surface area (Å²) in [5.41, 5.74) is 2.03. The van der Waals surface area contributed by atoms with E-state index in [0.717, 1.165) is 27.6 Å². The zero-order chi connectivity index (χ0) is 17.3. The molecule has 0 radical (unpaired) electrons. The molecule has 1 aliphatic heterocycles. The van der Waals surface area contributed by atoms with Crippen molar-refractivity contribution in [3.05, 3.63) is 34.3 Å². The molecule has 7 heteroatoms. The fraction of sp³-hybridized carbons (Fsp3) is 0.412. The Hall–Kier alpha value is -2.12. The Morgan fingerprint density at radius 3 is 2.83 bits per heavy atom. The summed E-state index contributed by atoms with van der Waals surface area (Å²) in [7, 11) is 1.92. The lowest BCUT2D eigenvalue weighted by Gasteiger charge is -2.23. The van der Waals surface area contributed by atoms with E-state index >= 15 is 0 Å². The molecule has 1 amide bonds. The van der Waals surface area contributed by atoms with Gasteiger partial charge in [0, 0.05) is 11.4 Å². The van der Waals surface area contributed by atoms with Gasteiger partial charge in [0.05, 0.1) is 11.7 Å². The number of benzene rings is 1. The van der Waals surface area contributed by atoms with Gasteiger partial charge in [0.2, 0.25) is 12.7 Å². The van der Waals surface area contributed by atoms with E-state index in [2.05, 4.69) is 10.3 Å². The second-order valence-corrected chi connectivity index (χ2v) is 7.13. The third kappa shape index (κ3) is 3.52. The molecule has 1 aliphatic rings. The number of amides is 1. The van der Waals surface area contributed by atoms with Crippen molar-refractivity contribution in [2.45, 2.75) is 33.4 Å². The number of anilines is 1. The fourth-order valence-electron chi connectivity index (χ4n) is 2.40. The van der Waals surface area contributed by atoms with Crippen LogP contribution in [0.3, 0.4) is 0 Å². The van der Waals surface area contributed by atoms with Gasteiger partial charge in [0.25, 0.3) is 0 Å². The quantitative estimate of drug-likeness (QED) is 0.901. The molecule has 6 nitrogen and oxygen atoms in total. The zero-order valence-corrected chi connectivity index (χ0v) is 15.1. The van der Waals surface area contributed by atoms with Crippen LogP contribution in [-0.4, -0.2) is 35.7 Å². The van der Waals surface area contributed by atoms with Gasteiger partial charge in [-0.15, -0.1) is 11.3 Å².